The number of carbonyl (C=O) groups excluding carboxylic acids is 2. The standard InChI is InChI=1S/C17H17Cl2N5O2/c18-12-4-3-11(8-13(12)19)16(25)24-5-1-2-14(24)17(26)22-6-7-23-10-20-21-15(23)9-22/h3-4,8,10,14H,1-2,5-7,9H2. The van der Waals surface area contributed by atoms with Crippen molar-refractivity contribution < 1.29 is 9.59 Å². The van der Waals surface area contributed by atoms with Crippen LogP contribution in [-0.2, 0) is 17.9 Å². The summed E-state index contributed by atoms with van der Waals surface area (Å²) in [5.41, 5.74) is 0.442. The van der Waals surface area contributed by atoms with Crippen LogP contribution in [0.3, 0.4) is 0 Å². The van der Waals surface area contributed by atoms with Gasteiger partial charge in [-0.25, -0.2) is 0 Å². The van der Waals surface area contributed by atoms with Gasteiger partial charge >= 0.3 is 0 Å². The highest BCUT2D eigenvalue weighted by Crippen LogP contribution is 2.27. The third-order valence-electron chi connectivity index (χ3n) is 4.92. The Morgan fingerprint density at radius 3 is 2.77 bits per heavy atom. The lowest BCUT2D eigenvalue weighted by molar-refractivity contribution is -0.136. The average molecular weight is 394 g/mol. The normalized spacial score (nSPS) is 19.5. The monoisotopic (exact) mass is 393 g/mol. The number of hydrogen-bond donors (Lipinski definition) is 0. The highest BCUT2D eigenvalue weighted by atomic mass is 35.5. The van der Waals surface area contributed by atoms with Crippen LogP contribution < -0.4 is 0 Å². The molecule has 1 unspecified atom stereocenters. The van der Waals surface area contributed by atoms with Gasteiger partial charge in [0.2, 0.25) is 5.91 Å². The predicted molar refractivity (Wildman–Crippen MR) is 96.0 cm³/mol. The molecular weight excluding hydrogens is 377 g/mol. The number of rotatable bonds is 2. The lowest BCUT2D eigenvalue weighted by Crippen LogP contribution is -2.49. The summed E-state index contributed by atoms with van der Waals surface area (Å²) >= 11 is 12.0. The molecule has 2 aliphatic rings. The summed E-state index contributed by atoms with van der Waals surface area (Å²) in [5, 5.41) is 8.65. The topological polar surface area (TPSA) is 71.3 Å². The zero-order valence-corrected chi connectivity index (χ0v) is 15.4. The third kappa shape index (κ3) is 3.05. The molecule has 1 saturated heterocycles. The number of amides is 2. The minimum atomic E-state index is -0.452. The fraction of sp³-hybridized carbons (Fsp3) is 0.412. The first kappa shape index (κ1) is 17.3. The highest BCUT2D eigenvalue weighted by Gasteiger charge is 2.38. The molecule has 1 aromatic heterocycles. The molecule has 7 nitrogen and oxygen atoms in total. The Morgan fingerprint density at radius 1 is 1.12 bits per heavy atom. The molecule has 3 heterocycles. The van der Waals surface area contributed by atoms with Crippen LogP contribution >= 0.6 is 23.2 Å². The Kier molecular flexibility index (Phi) is 4.58. The molecule has 1 atom stereocenters. The van der Waals surface area contributed by atoms with Gasteiger partial charge in [-0.1, -0.05) is 23.2 Å². The van der Waals surface area contributed by atoms with Crippen LogP contribution in [0.4, 0.5) is 0 Å². The Hall–Kier alpha value is -2.12. The summed E-state index contributed by atoms with van der Waals surface area (Å²) in [7, 11) is 0. The molecule has 26 heavy (non-hydrogen) atoms. The quantitative estimate of drug-likeness (QED) is 0.783. The number of fused-ring (bicyclic) bond motifs is 1. The summed E-state index contributed by atoms with van der Waals surface area (Å²) < 4.78 is 1.94. The van der Waals surface area contributed by atoms with E-state index in [2.05, 4.69) is 10.2 Å². The van der Waals surface area contributed by atoms with E-state index >= 15 is 0 Å². The number of carbonyl (C=O) groups is 2. The number of halogens is 2. The number of likely N-dealkylation sites (tertiary alicyclic amines) is 1. The van der Waals surface area contributed by atoms with Crippen LogP contribution in [-0.4, -0.2) is 55.5 Å². The molecule has 0 saturated carbocycles. The zero-order valence-electron chi connectivity index (χ0n) is 13.9. The fourth-order valence-corrected chi connectivity index (χ4v) is 3.82. The predicted octanol–water partition coefficient (Wildman–Crippen LogP) is 2.23. The maximum Gasteiger partial charge on any atom is 0.254 e. The summed E-state index contributed by atoms with van der Waals surface area (Å²) in [5.74, 6) is 0.537. The van der Waals surface area contributed by atoms with Crippen LogP contribution in [0.25, 0.3) is 0 Å². The molecule has 2 aliphatic heterocycles. The van der Waals surface area contributed by atoms with Gasteiger partial charge in [-0.05, 0) is 31.0 Å². The Bertz CT molecular complexity index is 869. The van der Waals surface area contributed by atoms with Crippen molar-refractivity contribution in [2.75, 3.05) is 13.1 Å². The van der Waals surface area contributed by atoms with Crippen molar-refractivity contribution in [2.24, 2.45) is 0 Å². The third-order valence-corrected chi connectivity index (χ3v) is 5.65. The van der Waals surface area contributed by atoms with Gasteiger partial charge in [-0.2, -0.15) is 0 Å². The van der Waals surface area contributed by atoms with Gasteiger partial charge < -0.3 is 14.4 Å². The van der Waals surface area contributed by atoms with Crippen molar-refractivity contribution in [3.8, 4) is 0 Å². The smallest absolute Gasteiger partial charge is 0.254 e. The SMILES string of the molecule is O=C(C1CCCN1C(=O)c1ccc(Cl)c(Cl)c1)N1CCn2cnnc2C1. The first-order chi connectivity index (χ1) is 12.5. The van der Waals surface area contributed by atoms with Crippen molar-refractivity contribution in [2.45, 2.75) is 32.0 Å². The average Bonchev–Trinajstić information content (AvgIpc) is 3.31. The molecule has 0 radical (unpaired) electrons. The van der Waals surface area contributed by atoms with Crippen molar-refractivity contribution in [1.29, 1.82) is 0 Å². The first-order valence-electron chi connectivity index (χ1n) is 8.46. The van der Waals surface area contributed by atoms with Gasteiger partial charge in [-0.15, -0.1) is 10.2 Å². The minimum Gasteiger partial charge on any atom is -0.332 e. The Morgan fingerprint density at radius 2 is 1.96 bits per heavy atom. The largest absolute Gasteiger partial charge is 0.332 e. The number of hydrogen-bond acceptors (Lipinski definition) is 4. The molecule has 2 amide bonds. The summed E-state index contributed by atoms with van der Waals surface area (Å²) in [4.78, 5) is 29.3. The van der Waals surface area contributed by atoms with Crippen LogP contribution in [0.1, 0.15) is 29.0 Å². The maximum atomic E-state index is 13.0. The van der Waals surface area contributed by atoms with E-state index in [-0.39, 0.29) is 11.8 Å². The number of aromatic nitrogens is 3. The second-order valence-corrected chi connectivity index (χ2v) is 7.30. The number of benzene rings is 1. The molecule has 9 heteroatoms. The van der Waals surface area contributed by atoms with E-state index in [0.717, 1.165) is 12.2 Å². The van der Waals surface area contributed by atoms with E-state index < -0.39 is 6.04 Å². The summed E-state index contributed by atoms with van der Waals surface area (Å²) in [6, 6.07) is 4.34. The Balaban J connectivity index is 1.52. The lowest BCUT2D eigenvalue weighted by atomic mass is 10.1. The van der Waals surface area contributed by atoms with Crippen molar-refractivity contribution in [1.82, 2.24) is 24.6 Å². The van der Waals surface area contributed by atoms with E-state index in [1.807, 2.05) is 4.57 Å². The number of nitrogens with zero attached hydrogens (tertiary/aromatic N) is 5. The van der Waals surface area contributed by atoms with E-state index in [0.29, 0.717) is 48.2 Å². The van der Waals surface area contributed by atoms with E-state index in [1.165, 1.54) is 0 Å². The zero-order chi connectivity index (χ0) is 18.3. The maximum absolute atomic E-state index is 13.0. The second-order valence-electron chi connectivity index (χ2n) is 6.49. The minimum absolute atomic E-state index is 0.0369. The van der Waals surface area contributed by atoms with Crippen LogP contribution in [0.2, 0.25) is 10.0 Å². The Labute approximate surface area is 160 Å². The van der Waals surface area contributed by atoms with Gasteiger partial charge in [-0.3, -0.25) is 9.59 Å². The van der Waals surface area contributed by atoms with Gasteiger partial charge in [0.15, 0.2) is 5.82 Å². The molecule has 0 N–H and O–H groups in total. The van der Waals surface area contributed by atoms with Gasteiger partial charge in [0.1, 0.15) is 12.4 Å². The molecule has 1 aromatic carbocycles. The first-order valence-corrected chi connectivity index (χ1v) is 9.21. The van der Waals surface area contributed by atoms with E-state index in [1.54, 1.807) is 34.3 Å². The molecule has 4 rings (SSSR count). The van der Waals surface area contributed by atoms with Crippen molar-refractivity contribution in [3.63, 3.8) is 0 Å². The molecule has 0 aliphatic carbocycles. The van der Waals surface area contributed by atoms with Crippen LogP contribution in [0, 0.1) is 0 Å². The van der Waals surface area contributed by atoms with Crippen molar-refractivity contribution in [3.05, 3.63) is 46.0 Å². The lowest BCUT2D eigenvalue weighted by Gasteiger charge is -2.32. The van der Waals surface area contributed by atoms with Crippen LogP contribution in [0.5, 0.6) is 0 Å². The molecule has 2 aromatic rings. The summed E-state index contributed by atoms with van der Waals surface area (Å²) in [6.07, 6.45) is 3.13. The molecule has 136 valence electrons. The van der Waals surface area contributed by atoms with E-state index in [9.17, 15) is 9.59 Å². The highest BCUT2D eigenvalue weighted by molar-refractivity contribution is 6.42. The van der Waals surface area contributed by atoms with Crippen LogP contribution in [0.15, 0.2) is 24.5 Å². The van der Waals surface area contributed by atoms with E-state index in [4.69, 9.17) is 23.2 Å². The fourth-order valence-electron chi connectivity index (χ4n) is 3.53. The molecule has 1 fully saturated rings. The van der Waals surface area contributed by atoms with Gasteiger partial charge in [0.25, 0.3) is 5.91 Å². The summed E-state index contributed by atoms with van der Waals surface area (Å²) in [6.45, 7) is 2.24. The second kappa shape index (κ2) is 6.89. The van der Waals surface area contributed by atoms with Crippen molar-refractivity contribution >= 4 is 35.0 Å². The van der Waals surface area contributed by atoms with Gasteiger partial charge in [0.05, 0.1) is 16.6 Å². The molecule has 0 bridgehead atoms. The van der Waals surface area contributed by atoms with Gasteiger partial charge in [0, 0.05) is 25.2 Å². The molecule has 0 spiro atoms. The molecular formula is C17H17Cl2N5O2.